The molecule has 1 fully saturated rings. The van der Waals surface area contributed by atoms with Gasteiger partial charge in [-0.1, -0.05) is 0 Å². The van der Waals surface area contributed by atoms with E-state index in [0.29, 0.717) is 13.0 Å². The Morgan fingerprint density at radius 2 is 2.24 bits per heavy atom. The molecule has 0 aliphatic carbocycles. The van der Waals surface area contributed by atoms with E-state index in [-0.39, 0.29) is 37.4 Å². The van der Waals surface area contributed by atoms with Crippen LogP contribution in [0.2, 0.25) is 0 Å². The lowest BCUT2D eigenvalue weighted by atomic mass is 10.2. The first-order valence-electron chi connectivity index (χ1n) is 6.80. The summed E-state index contributed by atoms with van der Waals surface area (Å²) in [4.78, 5) is 37.4. The highest BCUT2D eigenvalue weighted by Crippen LogP contribution is 2.09. The van der Waals surface area contributed by atoms with Crippen molar-refractivity contribution in [2.45, 2.75) is 26.3 Å². The number of imide groups is 1. The molecule has 0 bridgehead atoms. The molecule has 0 radical (unpaired) electrons. The van der Waals surface area contributed by atoms with Crippen LogP contribution in [0.15, 0.2) is 6.20 Å². The molecule has 1 aliphatic heterocycles. The average Bonchev–Trinajstić information content (AvgIpc) is 2.94. The molecular weight excluding hydrogens is 274 g/mol. The number of aryl methyl sites for hydroxylation is 1. The van der Waals surface area contributed by atoms with Crippen LogP contribution in [0.4, 0.5) is 4.79 Å². The standard InChI is InChI=1S/C13H19N5O3/c1-9-10(7-15-16-9)6-14-11(19)4-3-5-18-12(20)8-17(2)13(18)21/h7H,3-6,8H2,1-2H3,(H,14,19)(H,15,16). The van der Waals surface area contributed by atoms with Crippen LogP contribution in [0.25, 0.3) is 0 Å². The van der Waals surface area contributed by atoms with E-state index in [1.807, 2.05) is 6.92 Å². The Morgan fingerprint density at radius 1 is 1.48 bits per heavy atom. The van der Waals surface area contributed by atoms with Gasteiger partial charge in [0.05, 0.1) is 6.20 Å². The summed E-state index contributed by atoms with van der Waals surface area (Å²) in [6.45, 7) is 2.70. The molecule has 1 aromatic heterocycles. The zero-order valence-electron chi connectivity index (χ0n) is 12.2. The zero-order valence-corrected chi connectivity index (χ0v) is 12.2. The fourth-order valence-electron chi connectivity index (χ4n) is 2.12. The maximum Gasteiger partial charge on any atom is 0.326 e. The van der Waals surface area contributed by atoms with E-state index in [9.17, 15) is 14.4 Å². The highest BCUT2D eigenvalue weighted by atomic mass is 16.2. The van der Waals surface area contributed by atoms with Crippen LogP contribution in [0.1, 0.15) is 24.1 Å². The number of rotatable bonds is 6. The summed E-state index contributed by atoms with van der Waals surface area (Å²) in [6.07, 6.45) is 2.41. The third-order valence-electron chi connectivity index (χ3n) is 3.43. The predicted octanol–water partition coefficient (Wildman–Crippen LogP) is 0.00852. The van der Waals surface area contributed by atoms with Crippen LogP contribution in [-0.2, 0) is 16.1 Å². The Morgan fingerprint density at radius 3 is 2.81 bits per heavy atom. The van der Waals surface area contributed by atoms with Crippen LogP contribution in [0, 0.1) is 6.92 Å². The van der Waals surface area contributed by atoms with Gasteiger partial charge >= 0.3 is 6.03 Å². The number of hydrogen-bond acceptors (Lipinski definition) is 4. The molecule has 2 heterocycles. The fraction of sp³-hybridized carbons (Fsp3) is 0.538. The first kappa shape index (κ1) is 15.0. The van der Waals surface area contributed by atoms with E-state index in [1.165, 1.54) is 9.80 Å². The van der Waals surface area contributed by atoms with E-state index in [4.69, 9.17) is 0 Å². The van der Waals surface area contributed by atoms with Gasteiger partial charge in [0, 0.05) is 37.8 Å². The number of likely N-dealkylation sites (N-methyl/N-ethyl adjacent to an activating group) is 1. The number of carbonyl (C=O) groups excluding carboxylic acids is 3. The highest BCUT2D eigenvalue weighted by molar-refractivity contribution is 6.01. The first-order valence-corrected chi connectivity index (χ1v) is 6.80. The second-order valence-electron chi connectivity index (χ2n) is 5.08. The Labute approximate surface area is 122 Å². The Balaban J connectivity index is 1.69. The van der Waals surface area contributed by atoms with Gasteiger partial charge in [-0.25, -0.2) is 4.79 Å². The minimum Gasteiger partial charge on any atom is -0.352 e. The number of aromatic nitrogens is 2. The molecule has 8 nitrogen and oxygen atoms in total. The van der Waals surface area contributed by atoms with Gasteiger partial charge < -0.3 is 10.2 Å². The van der Waals surface area contributed by atoms with Crippen molar-refractivity contribution < 1.29 is 14.4 Å². The van der Waals surface area contributed by atoms with E-state index >= 15 is 0 Å². The largest absolute Gasteiger partial charge is 0.352 e. The molecule has 0 atom stereocenters. The molecule has 2 rings (SSSR count). The molecular formula is C13H19N5O3. The summed E-state index contributed by atoms with van der Waals surface area (Å²) in [5, 5.41) is 9.46. The maximum atomic E-state index is 11.7. The van der Waals surface area contributed by atoms with Crippen molar-refractivity contribution in [1.29, 1.82) is 0 Å². The number of aromatic amines is 1. The molecule has 0 saturated carbocycles. The lowest BCUT2D eigenvalue weighted by Crippen LogP contribution is -2.33. The van der Waals surface area contributed by atoms with Crippen molar-refractivity contribution >= 4 is 17.8 Å². The number of hydrogen-bond donors (Lipinski definition) is 2. The summed E-state index contributed by atoms with van der Waals surface area (Å²) in [7, 11) is 1.58. The molecule has 0 spiro atoms. The van der Waals surface area contributed by atoms with Crippen LogP contribution in [0.5, 0.6) is 0 Å². The minimum absolute atomic E-state index is 0.108. The van der Waals surface area contributed by atoms with Gasteiger partial charge in [-0.05, 0) is 13.3 Å². The smallest absolute Gasteiger partial charge is 0.326 e. The van der Waals surface area contributed by atoms with Gasteiger partial charge in [-0.2, -0.15) is 5.10 Å². The van der Waals surface area contributed by atoms with Gasteiger partial charge in [0.1, 0.15) is 6.54 Å². The minimum atomic E-state index is -0.297. The average molecular weight is 293 g/mol. The normalized spacial score (nSPS) is 15.0. The lowest BCUT2D eigenvalue weighted by molar-refractivity contribution is -0.126. The number of nitrogens with one attached hydrogen (secondary N) is 2. The molecule has 0 unspecified atom stereocenters. The zero-order chi connectivity index (χ0) is 15.4. The third kappa shape index (κ3) is 3.59. The molecule has 2 N–H and O–H groups in total. The molecule has 8 heteroatoms. The molecule has 1 aromatic rings. The Bertz CT molecular complexity index is 554. The van der Waals surface area contributed by atoms with Gasteiger partial charge in [-0.3, -0.25) is 19.6 Å². The monoisotopic (exact) mass is 293 g/mol. The summed E-state index contributed by atoms with van der Waals surface area (Å²) in [6, 6.07) is -0.297. The van der Waals surface area contributed by atoms with E-state index in [1.54, 1.807) is 13.2 Å². The SMILES string of the molecule is Cc1[nH]ncc1CNC(=O)CCCN1C(=O)CN(C)C1=O. The Kier molecular flexibility index (Phi) is 4.56. The van der Waals surface area contributed by atoms with Crippen LogP contribution in [-0.4, -0.2) is 58.0 Å². The van der Waals surface area contributed by atoms with Crippen LogP contribution < -0.4 is 5.32 Å². The maximum absolute atomic E-state index is 11.7. The van der Waals surface area contributed by atoms with Crippen molar-refractivity contribution in [1.82, 2.24) is 25.3 Å². The lowest BCUT2D eigenvalue weighted by Gasteiger charge is -2.13. The summed E-state index contributed by atoms with van der Waals surface area (Å²) in [5.41, 5.74) is 1.86. The second-order valence-corrected chi connectivity index (χ2v) is 5.08. The molecule has 4 amide bonds. The van der Waals surface area contributed by atoms with Crippen molar-refractivity contribution in [3.05, 3.63) is 17.5 Å². The van der Waals surface area contributed by atoms with Crippen molar-refractivity contribution in [2.75, 3.05) is 20.1 Å². The molecule has 21 heavy (non-hydrogen) atoms. The number of carbonyl (C=O) groups is 3. The van der Waals surface area contributed by atoms with Gasteiger partial charge in [0.25, 0.3) is 0 Å². The molecule has 0 aromatic carbocycles. The van der Waals surface area contributed by atoms with Crippen LogP contribution >= 0.6 is 0 Å². The van der Waals surface area contributed by atoms with Crippen molar-refractivity contribution in [3.8, 4) is 0 Å². The van der Waals surface area contributed by atoms with Gasteiger partial charge in [0.2, 0.25) is 11.8 Å². The summed E-state index contributed by atoms with van der Waals surface area (Å²) < 4.78 is 0. The van der Waals surface area contributed by atoms with Crippen LogP contribution in [0.3, 0.4) is 0 Å². The fourth-order valence-corrected chi connectivity index (χ4v) is 2.12. The quantitative estimate of drug-likeness (QED) is 0.722. The van der Waals surface area contributed by atoms with E-state index < -0.39 is 0 Å². The van der Waals surface area contributed by atoms with Crippen molar-refractivity contribution in [2.24, 2.45) is 0 Å². The summed E-state index contributed by atoms with van der Waals surface area (Å²) >= 11 is 0. The van der Waals surface area contributed by atoms with Gasteiger partial charge in [0.15, 0.2) is 0 Å². The number of urea groups is 1. The Hall–Kier alpha value is -2.38. The summed E-state index contributed by atoms with van der Waals surface area (Å²) in [5.74, 6) is -0.319. The molecule has 1 saturated heterocycles. The number of H-pyrrole nitrogens is 1. The van der Waals surface area contributed by atoms with Crippen molar-refractivity contribution in [3.63, 3.8) is 0 Å². The predicted molar refractivity (Wildman–Crippen MR) is 74.1 cm³/mol. The third-order valence-corrected chi connectivity index (χ3v) is 3.43. The topological polar surface area (TPSA) is 98.4 Å². The second kappa shape index (κ2) is 6.38. The molecule has 114 valence electrons. The number of nitrogens with zero attached hydrogens (tertiary/aromatic N) is 3. The van der Waals surface area contributed by atoms with Gasteiger partial charge in [-0.15, -0.1) is 0 Å². The van der Waals surface area contributed by atoms with E-state index in [0.717, 1.165) is 11.3 Å². The first-order chi connectivity index (χ1) is 9.99. The van der Waals surface area contributed by atoms with E-state index in [2.05, 4.69) is 15.5 Å². The molecule has 1 aliphatic rings. The highest BCUT2D eigenvalue weighted by Gasteiger charge is 2.32. The number of amides is 4.